The highest BCUT2D eigenvalue weighted by Crippen LogP contribution is 2.27. The highest BCUT2D eigenvalue weighted by molar-refractivity contribution is 9.10. The maximum Gasteiger partial charge on any atom is 0.246 e. The van der Waals surface area contributed by atoms with Gasteiger partial charge in [-0.2, -0.15) is 5.10 Å². The van der Waals surface area contributed by atoms with Gasteiger partial charge in [-0.05, 0) is 30.3 Å². The molecule has 4 heteroatoms. The molecule has 3 nitrogen and oxygen atoms in total. The standard InChI is InChI=1S/C14H9BrN2O/c15-11-5-7-12(8-6-11)18-14-13-4-2-1-3-10(13)9-16-17-14/h1-9H. The largest absolute Gasteiger partial charge is 0.437 e. The lowest BCUT2D eigenvalue weighted by Gasteiger charge is -2.06. The second-order valence-electron chi connectivity index (χ2n) is 3.79. The Kier molecular flexibility index (Phi) is 2.94. The average molecular weight is 301 g/mol. The molecule has 0 aliphatic carbocycles. The molecule has 3 aromatic rings. The molecule has 3 rings (SSSR count). The summed E-state index contributed by atoms with van der Waals surface area (Å²) in [6.07, 6.45) is 1.73. The van der Waals surface area contributed by atoms with E-state index in [0.29, 0.717) is 5.88 Å². The molecular weight excluding hydrogens is 292 g/mol. The molecule has 0 saturated carbocycles. The number of nitrogens with zero attached hydrogens (tertiary/aromatic N) is 2. The summed E-state index contributed by atoms with van der Waals surface area (Å²) in [6.45, 7) is 0. The molecule has 0 N–H and O–H groups in total. The molecule has 1 aromatic heterocycles. The lowest BCUT2D eigenvalue weighted by atomic mass is 10.2. The number of halogens is 1. The van der Waals surface area contributed by atoms with Crippen LogP contribution in [0.1, 0.15) is 0 Å². The van der Waals surface area contributed by atoms with Gasteiger partial charge in [0.25, 0.3) is 0 Å². The first-order chi connectivity index (χ1) is 8.83. The number of benzene rings is 2. The maximum atomic E-state index is 5.75. The molecule has 0 saturated heterocycles. The number of fused-ring (bicyclic) bond motifs is 1. The number of hydrogen-bond acceptors (Lipinski definition) is 3. The zero-order valence-electron chi connectivity index (χ0n) is 9.38. The van der Waals surface area contributed by atoms with Gasteiger partial charge in [-0.25, -0.2) is 0 Å². The maximum absolute atomic E-state index is 5.75. The summed E-state index contributed by atoms with van der Waals surface area (Å²) in [5.41, 5.74) is 0. The fourth-order valence-corrected chi connectivity index (χ4v) is 1.96. The van der Waals surface area contributed by atoms with Crippen LogP contribution in [0.15, 0.2) is 59.2 Å². The lowest BCUT2D eigenvalue weighted by molar-refractivity contribution is 0.462. The summed E-state index contributed by atoms with van der Waals surface area (Å²) in [7, 11) is 0. The molecule has 0 aliphatic heterocycles. The van der Waals surface area contributed by atoms with Crippen molar-refractivity contribution in [1.29, 1.82) is 0 Å². The molecule has 88 valence electrons. The van der Waals surface area contributed by atoms with E-state index in [1.54, 1.807) is 6.20 Å². The minimum Gasteiger partial charge on any atom is -0.437 e. The van der Waals surface area contributed by atoms with E-state index in [2.05, 4.69) is 26.1 Å². The van der Waals surface area contributed by atoms with Gasteiger partial charge < -0.3 is 4.74 Å². The zero-order valence-corrected chi connectivity index (χ0v) is 11.0. The topological polar surface area (TPSA) is 35.0 Å². The number of ether oxygens (including phenoxy) is 1. The van der Waals surface area contributed by atoms with Crippen molar-refractivity contribution < 1.29 is 4.74 Å². The van der Waals surface area contributed by atoms with E-state index < -0.39 is 0 Å². The average Bonchev–Trinajstić information content (AvgIpc) is 2.42. The number of rotatable bonds is 2. The van der Waals surface area contributed by atoms with Crippen LogP contribution in [0.3, 0.4) is 0 Å². The quantitative estimate of drug-likeness (QED) is 0.712. The van der Waals surface area contributed by atoms with E-state index in [1.165, 1.54) is 0 Å². The van der Waals surface area contributed by atoms with Crippen molar-refractivity contribution in [2.45, 2.75) is 0 Å². The number of aromatic nitrogens is 2. The van der Waals surface area contributed by atoms with E-state index in [9.17, 15) is 0 Å². The van der Waals surface area contributed by atoms with Crippen molar-refractivity contribution in [3.63, 3.8) is 0 Å². The van der Waals surface area contributed by atoms with Crippen molar-refractivity contribution in [3.8, 4) is 11.6 Å². The molecule has 0 amide bonds. The van der Waals surface area contributed by atoms with Crippen molar-refractivity contribution in [3.05, 3.63) is 59.2 Å². The fraction of sp³-hybridized carbons (Fsp3) is 0. The Balaban J connectivity index is 2.02. The first kappa shape index (κ1) is 11.2. The second kappa shape index (κ2) is 4.74. The van der Waals surface area contributed by atoms with Crippen molar-refractivity contribution in [2.75, 3.05) is 0 Å². The van der Waals surface area contributed by atoms with E-state index in [0.717, 1.165) is 21.0 Å². The fourth-order valence-electron chi connectivity index (χ4n) is 1.69. The summed E-state index contributed by atoms with van der Waals surface area (Å²) in [6, 6.07) is 15.5. The van der Waals surface area contributed by atoms with Crippen LogP contribution in [-0.2, 0) is 0 Å². The predicted octanol–water partition coefficient (Wildman–Crippen LogP) is 4.18. The van der Waals surface area contributed by atoms with Gasteiger partial charge in [-0.1, -0.05) is 34.1 Å². The molecule has 1 heterocycles. The Hall–Kier alpha value is -1.94. The van der Waals surface area contributed by atoms with Gasteiger partial charge in [0.2, 0.25) is 5.88 Å². The van der Waals surface area contributed by atoms with Crippen LogP contribution in [0, 0.1) is 0 Å². The molecule has 0 radical (unpaired) electrons. The van der Waals surface area contributed by atoms with Crippen LogP contribution in [0.5, 0.6) is 11.6 Å². The summed E-state index contributed by atoms with van der Waals surface area (Å²) < 4.78 is 6.77. The minimum absolute atomic E-state index is 0.524. The predicted molar refractivity (Wildman–Crippen MR) is 73.8 cm³/mol. The Bertz CT molecular complexity index is 677. The first-order valence-corrected chi connectivity index (χ1v) is 6.26. The second-order valence-corrected chi connectivity index (χ2v) is 4.71. The molecule has 0 unspecified atom stereocenters. The van der Waals surface area contributed by atoms with Gasteiger partial charge in [0.05, 0.1) is 6.20 Å². The normalized spacial score (nSPS) is 10.5. The molecule has 2 aromatic carbocycles. The van der Waals surface area contributed by atoms with Crippen LogP contribution in [0.2, 0.25) is 0 Å². The SMILES string of the molecule is Brc1ccc(Oc2nncc3ccccc23)cc1. The van der Waals surface area contributed by atoms with Gasteiger partial charge >= 0.3 is 0 Å². The van der Waals surface area contributed by atoms with Crippen molar-refractivity contribution >= 4 is 26.7 Å². The summed E-state index contributed by atoms with van der Waals surface area (Å²) in [5.74, 6) is 1.26. The first-order valence-electron chi connectivity index (χ1n) is 5.47. The van der Waals surface area contributed by atoms with Gasteiger partial charge in [0, 0.05) is 15.2 Å². The summed E-state index contributed by atoms with van der Waals surface area (Å²) in [4.78, 5) is 0. The molecular formula is C14H9BrN2O. The molecule has 0 aliphatic rings. The minimum atomic E-state index is 0.524. The lowest BCUT2D eigenvalue weighted by Crippen LogP contribution is -1.91. The molecule has 0 spiro atoms. The van der Waals surface area contributed by atoms with E-state index in [4.69, 9.17) is 4.74 Å². The van der Waals surface area contributed by atoms with Gasteiger partial charge in [-0.3, -0.25) is 0 Å². The third-order valence-corrected chi connectivity index (χ3v) is 3.09. The molecule has 18 heavy (non-hydrogen) atoms. The van der Waals surface area contributed by atoms with Crippen LogP contribution in [-0.4, -0.2) is 10.2 Å². The Morgan fingerprint density at radius 2 is 1.72 bits per heavy atom. The number of hydrogen-bond donors (Lipinski definition) is 0. The Labute approximate surface area is 113 Å². The van der Waals surface area contributed by atoms with Crippen LogP contribution >= 0.6 is 15.9 Å². The summed E-state index contributed by atoms with van der Waals surface area (Å²) >= 11 is 3.39. The highest BCUT2D eigenvalue weighted by atomic mass is 79.9. The summed E-state index contributed by atoms with van der Waals surface area (Å²) in [5, 5.41) is 9.95. The van der Waals surface area contributed by atoms with Crippen LogP contribution in [0.25, 0.3) is 10.8 Å². The van der Waals surface area contributed by atoms with Gasteiger partial charge in [0.15, 0.2) is 0 Å². The Morgan fingerprint density at radius 1 is 0.944 bits per heavy atom. The van der Waals surface area contributed by atoms with Gasteiger partial charge in [-0.15, -0.1) is 5.10 Å². The van der Waals surface area contributed by atoms with E-state index >= 15 is 0 Å². The third-order valence-electron chi connectivity index (χ3n) is 2.56. The van der Waals surface area contributed by atoms with Crippen molar-refractivity contribution in [2.24, 2.45) is 0 Å². The van der Waals surface area contributed by atoms with Gasteiger partial charge in [0.1, 0.15) is 5.75 Å². The van der Waals surface area contributed by atoms with E-state index in [-0.39, 0.29) is 0 Å². The van der Waals surface area contributed by atoms with E-state index in [1.807, 2.05) is 48.5 Å². The molecule has 0 atom stereocenters. The Morgan fingerprint density at radius 3 is 2.56 bits per heavy atom. The van der Waals surface area contributed by atoms with Crippen LogP contribution < -0.4 is 4.74 Å². The molecule has 0 fully saturated rings. The smallest absolute Gasteiger partial charge is 0.246 e. The van der Waals surface area contributed by atoms with Crippen LogP contribution in [0.4, 0.5) is 0 Å². The highest BCUT2D eigenvalue weighted by Gasteiger charge is 2.05. The zero-order chi connectivity index (χ0) is 12.4. The van der Waals surface area contributed by atoms with Crippen molar-refractivity contribution in [1.82, 2.24) is 10.2 Å². The molecule has 0 bridgehead atoms. The third kappa shape index (κ3) is 2.19. The monoisotopic (exact) mass is 300 g/mol.